The van der Waals surface area contributed by atoms with Crippen LogP contribution in [0.25, 0.3) is 0 Å². The zero-order valence-corrected chi connectivity index (χ0v) is 14.8. The fraction of sp³-hybridized carbons (Fsp3) is 0.200. The van der Waals surface area contributed by atoms with E-state index in [0.717, 1.165) is 15.6 Å². The summed E-state index contributed by atoms with van der Waals surface area (Å²) >= 11 is 9.30. The predicted molar refractivity (Wildman–Crippen MR) is 89.0 cm³/mol. The van der Waals surface area contributed by atoms with Gasteiger partial charge < -0.3 is 0 Å². The van der Waals surface area contributed by atoms with E-state index in [1.807, 2.05) is 19.1 Å². The average Bonchev–Trinajstić information content (AvgIpc) is 2.41. The summed E-state index contributed by atoms with van der Waals surface area (Å²) in [6.07, 6.45) is 0. The zero-order chi connectivity index (χ0) is 15.6. The number of nitrogens with zero attached hydrogens (tertiary/aromatic N) is 1. The molecule has 0 aromatic heterocycles. The molecule has 6 heteroatoms. The lowest BCUT2D eigenvalue weighted by Gasteiger charge is -2.18. The minimum absolute atomic E-state index is 0.276. The second-order valence-corrected chi connectivity index (χ2v) is 8.14. The third-order valence-electron chi connectivity index (χ3n) is 3.13. The summed E-state index contributed by atoms with van der Waals surface area (Å²) in [6.45, 7) is 2.14. The van der Waals surface area contributed by atoms with Crippen LogP contribution in [0.5, 0.6) is 0 Å². The van der Waals surface area contributed by atoms with Crippen molar-refractivity contribution in [3.05, 3.63) is 63.1 Å². The highest BCUT2D eigenvalue weighted by Gasteiger charge is 2.21. The van der Waals surface area contributed by atoms with Crippen LogP contribution >= 0.6 is 27.5 Å². The van der Waals surface area contributed by atoms with Crippen LogP contribution in [-0.4, -0.2) is 19.8 Å². The second-order valence-electron chi connectivity index (χ2n) is 4.80. The first kappa shape index (κ1) is 16.5. The number of benzene rings is 2. The Bertz CT molecular complexity index is 762. The van der Waals surface area contributed by atoms with E-state index in [9.17, 15) is 8.42 Å². The molecule has 0 aliphatic rings. The fourth-order valence-corrected chi connectivity index (χ4v) is 3.64. The fourth-order valence-electron chi connectivity index (χ4n) is 1.93. The molecule has 0 heterocycles. The van der Waals surface area contributed by atoms with E-state index < -0.39 is 10.0 Å². The van der Waals surface area contributed by atoms with Gasteiger partial charge in [-0.05, 0) is 48.4 Å². The molecule has 21 heavy (non-hydrogen) atoms. The van der Waals surface area contributed by atoms with E-state index in [0.29, 0.717) is 5.02 Å². The van der Waals surface area contributed by atoms with Crippen molar-refractivity contribution in [3.63, 3.8) is 0 Å². The van der Waals surface area contributed by atoms with E-state index in [1.54, 1.807) is 37.4 Å². The predicted octanol–water partition coefficient (Wildman–Crippen LogP) is 4.23. The van der Waals surface area contributed by atoms with Gasteiger partial charge in [0.1, 0.15) is 0 Å². The highest BCUT2D eigenvalue weighted by molar-refractivity contribution is 9.10. The van der Waals surface area contributed by atoms with Crippen molar-refractivity contribution in [2.75, 3.05) is 7.05 Å². The lowest BCUT2D eigenvalue weighted by atomic mass is 10.2. The maximum absolute atomic E-state index is 12.6. The van der Waals surface area contributed by atoms with Gasteiger partial charge in [-0.15, -0.1) is 0 Å². The Kier molecular flexibility index (Phi) is 5.09. The molecule has 0 saturated heterocycles. The Morgan fingerprint density at radius 2 is 1.90 bits per heavy atom. The van der Waals surface area contributed by atoms with E-state index in [1.165, 1.54) is 4.31 Å². The van der Waals surface area contributed by atoms with Crippen LogP contribution in [0, 0.1) is 6.92 Å². The van der Waals surface area contributed by atoms with Crippen molar-refractivity contribution in [3.8, 4) is 0 Å². The molecule has 2 aromatic carbocycles. The molecule has 0 spiro atoms. The minimum Gasteiger partial charge on any atom is -0.207 e. The highest BCUT2D eigenvalue weighted by Crippen LogP contribution is 2.23. The van der Waals surface area contributed by atoms with E-state index in [4.69, 9.17) is 11.6 Å². The van der Waals surface area contributed by atoms with Gasteiger partial charge in [0, 0.05) is 23.1 Å². The number of hydrogen-bond donors (Lipinski definition) is 0. The van der Waals surface area contributed by atoms with Crippen LogP contribution in [-0.2, 0) is 16.6 Å². The number of hydrogen-bond acceptors (Lipinski definition) is 2. The van der Waals surface area contributed by atoms with Gasteiger partial charge in [0.05, 0.1) is 4.90 Å². The lowest BCUT2D eigenvalue weighted by molar-refractivity contribution is 0.466. The van der Waals surface area contributed by atoms with Crippen LogP contribution in [0.15, 0.2) is 51.8 Å². The van der Waals surface area contributed by atoms with Crippen molar-refractivity contribution >= 4 is 37.6 Å². The van der Waals surface area contributed by atoms with E-state index in [2.05, 4.69) is 15.9 Å². The van der Waals surface area contributed by atoms with Gasteiger partial charge in [-0.3, -0.25) is 0 Å². The first-order valence-electron chi connectivity index (χ1n) is 6.27. The van der Waals surface area contributed by atoms with Gasteiger partial charge in [0.25, 0.3) is 0 Å². The molecule has 112 valence electrons. The van der Waals surface area contributed by atoms with Crippen LogP contribution in [0.3, 0.4) is 0 Å². The normalized spacial score (nSPS) is 11.9. The van der Waals surface area contributed by atoms with Crippen molar-refractivity contribution in [1.82, 2.24) is 4.31 Å². The SMILES string of the molecule is Cc1cc(S(=O)(=O)N(C)Cc2cccc(Cl)c2)ccc1Br. The first-order chi connectivity index (χ1) is 9.80. The Morgan fingerprint density at radius 3 is 2.52 bits per heavy atom. The summed E-state index contributed by atoms with van der Waals surface area (Å²) in [7, 11) is -1.96. The van der Waals surface area contributed by atoms with Gasteiger partial charge in [0.15, 0.2) is 0 Å². The summed E-state index contributed by atoms with van der Waals surface area (Å²) in [5.74, 6) is 0. The summed E-state index contributed by atoms with van der Waals surface area (Å²) < 4.78 is 27.3. The topological polar surface area (TPSA) is 37.4 Å². The smallest absolute Gasteiger partial charge is 0.207 e. The number of aryl methyl sites for hydroxylation is 1. The van der Waals surface area contributed by atoms with Gasteiger partial charge in [0.2, 0.25) is 10.0 Å². The van der Waals surface area contributed by atoms with E-state index >= 15 is 0 Å². The Hall–Kier alpha value is -0.880. The van der Waals surface area contributed by atoms with Crippen LogP contribution in [0.4, 0.5) is 0 Å². The highest BCUT2D eigenvalue weighted by atomic mass is 79.9. The third kappa shape index (κ3) is 3.86. The summed E-state index contributed by atoms with van der Waals surface area (Å²) in [6, 6.07) is 12.2. The van der Waals surface area contributed by atoms with Crippen LogP contribution < -0.4 is 0 Å². The standard InChI is InChI=1S/C15H15BrClNO2S/c1-11-8-14(6-7-15(11)16)21(19,20)18(2)10-12-4-3-5-13(17)9-12/h3-9H,10H2,1-2H3. The maximum atomic E-state index is 12.6. The Balaban J connectivity index is 2.28. The van der Waals surface area contributed by atoms with Gasteiger partial charge in [-0.2, -0.15) is 4.31 Å². The molecule has 0 aliphatic carbocycles. The molecule has 0 N–H and O–H groups in total. The number of halogens is 2. The van der Waals surface area contributed by atoms with Crippen molar-refractivity contribution < 1.29 is 8.42 Å². The van der Waals surface area contributed by atoms with Gasteiger partial charge in [-0.25, -0.2) is 8.42 Å². The number of rotatable bonds is 4. The molecule has 0 atom stereocenters. The van der Waals surface area contributed by atoms with Crippen molar-refractivity contribution in [2.45, 2.75) is 18.4 Å². The molecular formula is C15H15BrClNO2S. The molecule has 2 aromatic rings. The van der Waals surface area contributed by atoms with E-state index in [-0.39, 0.29) is 11.4 Å². The molecule has 0 aliphatic heterocycles. The number of sulfonamides is 1. The first-order valence-corrected chi connectivity index (χ1v) is 8.89. The third-order valence-corrected chi connectivity index (χ3v) is 6.06. The quantitative estimate of drug-likeness (QED) is 0.786. The molecule has 2 rings (SSSR count). The van der Waals surface area contributed by atoms with Crippen molar-refractivity contribution in [2.24, 2.45) is 0 Å². The second kappa shape index (κ2) is 6.48. The zero-order valence-electron chi connectivity index (χ0n) is 11.7. The molecule has 0 amide bonds. The largest absolute Gasteiger partial charge is 0.243 e. The molecule has 0 fully saturated rings. The molecular weight excluding hydrogens is 374 g/mol. The minimum atomic E-state index is -3.52. The Labute approximate surface area is 138 Å². The van der Waals surface area contributed by atoms with Gasteiger partial charge in [-0.1, -0.05) is 39.7 Å². The average molecular weight is 389 g/mol. The lowest BCUT2D eigenvalue weighted by Crippen LogP contribution is -2.26. The summed E-state index contributed by atoms with van der Waals surface area (Å²) in [4.78, 5) is 0.285. The summed E-state index contributed by atoms with van der Waals surface area (Å²) in [5.41, 5.74) is 1.73. The van der Waals surface area contributed by atoms with Gasteiger partial charge >= 0.3 is 0 Å². The molecule has 0 saturated carbocycles. The van der Waals surface area contributed by atoms with Crippen LogP contribution in [0.1, 0.15) is 11.1 Å². The monoisotopic (exact) mass is 387 g/mol. The van der Waals surface area contributed by atoms with Crippen molar-refractivity contribution in [1.29, 1.82) is 0 Å². The molecule has 0 radical (unpaired) electrons. The molecule has 0 bridgehead atoms. The van der Waals surface area contributed by atoms with Crippen LogP contribution in [0.2, 0.25) is 5.02 Å². The summed E-state index contributed by atoms with van der Waals surface area (Å²) in [5, 5.41) is 0.595. The maximum Gasteiger partial charge on any atom is 0.243 e. The molecule has 3 nitrogen and oxygen atoms in total. The Morgan fingerprint density at radius 1 is 1.19 bits per heavy atom. The molecule has 0 unspecified atom stereocenters.